The van der Waals surface area contributed by atoms with Gasteiger partial charge in [-0.25, -0.2) is 0 Å². The van der Waals surface area contributed by atoms with Crippen LogP contribution in [0.15, 0.2) is 18.2 Å². The summed E-state index contributed by atoms with van der Waals surface area (Å²) in [7, 11) is 0. The smallest absolute Gasteiger partial charge is 0.303 e. The fraction of sp³-hybridized carbons (Fsp3) is 0.860. The molecule has 380 valence electrons. The van der Waals surface area contributed by atoms with Gasteiger partial charge in [0.2, 0.25) is 0 Å². The molecule has 8 aliphatic rings. The minimum Gasteiger partial charge on any atom is -0.481 e. The third kappa shape index (κ3) is 9.58. The molecule has 0 unspecified atom stereocenters. The Balaban J connectivity index is 0.000000168. The summed E-state index contributed by atoms with van der Waals surface area (Å²) in [6, 6.07) is 6.38. The molecule has 0 spiro atoms. The molecule has 1 aromatic rings. The summed E-state index contributed by atoms with van der Waals surface area (Å²) >= 11 is 0. The lowest BCUT2D eigenvalue weighted by atomic mass is 9.43. The second-order valence-electron chi connectivity index (χ2n) is 25.4. The van der Waals surface area contributed by atoms with Crippen molar-refractivity contribution in [3.8, 4) is 0 Å². The molecule has 8 N–H and O–H groups in total. The predicted molar refractivity (Wildman–Crippen MR) is 261 cm³/mol. The van der Waals surface area contributed by atoms with Crippen LogP contribution in [0.1, 0.15) is 174 Å². The molecule has 8 saturated carbocycles. The second kappa shape index (κ2) is 20.2. The normalized spacial score (nSPS) is 47.1. The predicted octanol–water partition coefficient (Wildman–Crippen LogP) is 9.51. The van der Waals surface area contributed by atoms with E-state index in [0.29, 0.717) is 60.2 Å². The Bertz CT molecular complexity index is 1760. The zero-order valence-electron chi connectivity index (χ0n) is 42.7. The van der Waals surface area contributed by atoms with Crippen molar-refractivity contribution in [2.75, 3.05) is 0 Å². The minimum atomic E-state index is -0.748. The highest BCUT2D eigenvalue weighted by Crippen LogP contribution is 2.70. The number of aryl methyl sites for hydroxylation is 2. The third-order valence-electron chi connectivity index (χ3n) is 22.5. The molecule has 0 saturated heterocycles. The molecule has 0 aliphatic heterocycles. The van der Waals surface area contributed by atoms with E-state index >= 15 is 0 Å². The Hall–Kier alpha value is -2.08. The van der Waals surface area contributed by atoms with E-state index in [-0.39, 0.29) is 82.6 Å². The molecule has 0 heterocycles. The van der Waals surface area contributed by atoms with Gasteiger partial charge in [0.1, 0.15) is 0 Å². The van der Waals surface area contributed by atoms with Crippen LogP contribution in [0.25, 0.3) is 0 Å². The van der Waals surface area contributed by atoms with Gasteiger partial charge >= 0.3 is 11.9 Å². The van der Waals surface area contributed by atoms with Crippen LogP contribution in [0.4, 0.5) is 0 Å². The zero-order valence-corrected chi connectivity index (χ0v) is 42.7. The van der Waals surface area contributed by atoms with Crippen LogP contribution < -0.4 is 0 Å². The SMILES string of the molecule is C[C@H](CCC(=O)O)[C@H]1CC[C@H]2[C@@H]3[C@H](O)C[C@@H]4C[C@H](O)CC[C@]4(C)[C@H]3C[C@H](O)[C@]12C.C[C@H](CCC(=O)O)[C@H]1CC[C@H]2[C@@H]3[C@H](O)C[C@@H]4C[C@H](O)CC[C@]4(C)[C@H]3C[C@H](O)[C@]12C.Cc1cccc(C)c1C. The number of aliphatic carboxylic acids is 2. The van der Waals surface area contributed by atoms with Gasteiger partial charge in [-0.05, 0) is 233 Å². The number of carbonyl (C=O) groups is 2. The highest BCUT2D eigenvalue weighted by Gasteiger charge is 2.67. The van der Waals surface area contributed by atoms with Crippen molar-refractivity contribution in [1.82, 2.24) is 0 Å². The first kappa shape index (κ1) is 52.7. The van der Waals surface area contributed by atoms with Crippen molar-refractivity contribution in [1.29, 1.82) is 0 Å². The Kier molecular flexibility index (Phi) is 15.9. The van der Waals surface area contributed by atoms with Crippen LogP contribution in [0.3, 0.4) is 0 Å². The lowest BCUT2D eigenvalue weighted by Gasteiger charge is -2.63. The molecular weight excluding hydrogens is 845 g/mol. The molecule has 8 aliphatic carbocycles. The lowest BCUT2D eigenvalue weighted by molar-refractivity contribution is -0.207. The molecule has 8 fully saturated rings. The van der Waals surface area contributed by atoms with E-state index in [9.17, 15) is 40.2 Å². The van der Waals surface area contributed by atoms with Crippen molar-refractivity contribution in [2.45, 2.75) is 215 Å². The highest BCUT2D eigenvalue weighted by atomic mass is 16.4. The summed E-state index contributed by atoms with van der Waals surface area (Å²) in [5.41, 5.74) is 3.90. The Morgan fingerprint density at radius 2 is 0.925 bits per heavy atom. The van der Waals surface area contributed by atoms with E-state index in [1.807, 2.05) is 0 Å². The first-order valence-electron chi connectivity index (χ1n) is 26.9. The first-order valence-corrected chi connectivity index (χ1v) is 26.9. The molecular formula is C57H92O10. The molecule has 10 heteroatoms. The number of fused-ring (bicyclic) bond motifs is 10. The van der Waals surface area contributed by atoms with Crippen LogP contribution in [0, 0.1) is 113 Å². The van der Waals surface area contributed by atoms with E-state index in [2.05, 4.69) is 80.5 Å². The summed E-state index contributed by atoms with van der Waals surface area (Å²) in [6.07, 6.45) is 12.0. The Morgan fingerprint density at radius 3 is 1.27 bits per heavy atom. The minimum absolute atomic E-state index is 0.0957. The molecule has 1 aromatic carbocycles. The third-order valence-corrected chi connectivity index (χ3v) is 22.5. The van der Waals surface area contributed by atoms with Gasteiger partial charge in [-0.3, -0.25) is 9.59 Å². The average Bonchev–Trinajstić information content (AvgIpc) is 3.82. The number of aliphatic hydroxyl groups excluding tert-OH is 6. The van der Waals surface area contributed by atoms with Gasteiger partial charge in [0.15, 0.2) is 0 Å². The first-order chi connectivity index (χ1) is 31.4. The summed E-state index contributed by atoms with van der Waals surface area (Å²) in [5.74, 6) is 1.99. The van der Waals surface area contributed by atoms with Crippen molar-refractivity contribution >= 4 is 11.9 Å². The second-order valence-corrected chi connectivity index (χ2v) is 25.4. The molecule has 0 aromatic heterocycles. The number of aliphatic hydroxyl groups is 6. The largest absolute Gasteiger partial charge is 0.481 e. The van der Waals surface area contributed by atoms with Gasteiger partial charge < -0.3 is 40.9 Å². The zero-order chi connectivity index (χ0) is 49.1. The Morgan fingerprint density at radius 1 is 0.552 bits per heavy atom. The average molecular weight is 937 g/mol. The molecule has 0 bridgehead atoms. The van der Waals surface area contributed by atoms with E-state index in [0.717, 1.165) is 89.9 Å². The highest BCUT2D eigenvalue weighted by molar-refractivity contribution is 5.66. The van der Waals surface area contributed by atoms with Crippen molar-refractivity contribution in [3.05, 3.63) is 34.9 Å². The summed E-state index contributed by atoms with van der Waals surface area (Å²) in [6.45, 7) is 19.9. The van der Waals surface area contributed by atoms with Crippen LogP contribution >= 0.6 is 0 Å². The fourth-order valence-corrected chi connectivity index (χ4v) is 18.3. The quantitative estimate of drug-likeness (QED) is 0.124. The molecule has 67 heavy (non-hydrogen) atoms. The van der Waals surface area contributed by atoms with Crippen molar-refractivity contribution < 1.29 is 50.4 Å². The topological polar surface area (TPSA) is 196 Å². The number of hydrogen-bond donors (Lipinski definition) is 8. The standard InChI is InChI=1S/2C24H40O5.C9H12/c2*1-13(4-7-21(28)29)16-5-6-17-22-18(12-20(27)24(16,17)3)23(2)9-8-15(25)10-14(23)11-19(22)26;1-7-5-4-6-8(2)9(7)3/h2*13-20,22,25-27H,4-12H2,1-3H3,(H,28,29);4-6H,1-3H3/t2*13-,14+,15-,16-,17+,18+,19-,20+,22+,23+,24-;/m11./s1. The van der Waals surface area contributed by atoms with E-state index in [4.69, 9.17) is 10.2 Å². The molecule has 9 rings (SSSR count). The van der Waals surface area contributed by atoms with Gasteiger partial charge in [0.25, 0.3) is 0 Å². The van der Waals surface area contributed by atoms with Crippen molar-refractivity contribution in [2.24, 2.45) is 92.7 Å². The van der Waals surface area contributed by atoms with Crippen LogP contribution in [-0.4, -0.2) is 89.4 Å². The number of hydrogen-bond acceptors (Lipinski definition) is 8. The summed E-state index contributed by atoms with van der Waals surface area (Å²) in [4.78, 5) is 22.1. The van der Waals surface area contributed by atoms with E-state index in [1.165, 1.54) is 16.7 Å². The monoisotopic (exact) mass is 937 g/mol. The van der Waals surface area contributed by atoms with Gasteiger partial charge in [-0.15, -0.1) is 0 Å². The van der Waals surface area contributed by atoms with Gasteiger partial charge in [0, 0.05) is 12.8 Å². The molecule has 22 atom stereocenters. The van der Waals surface area contributed by atoms with Gasteiger partial charge in [-0.2, -0.15) is 0 Å². The maximum absolute atomic E-state index is 11.5. The van der Waals surface area contributed by atoms with E-state index < -0.39 is 24.1 Å². The summed E-state index contributed by atoms with van der Waals surface area (Å²) in [5, 5.41) is 84.0. The maximum atomic E-state index is 11.5. The molecule has 0 amide bonds. The van der Waals surface area contributed by atoms with Gasteiger partial charge in [0.05, 0.1) is 36.6 Å². The van der Waals surface area contributed by atoms with Crippen LogP contribution in [0.2, 0.25) is 0 Å². The number of rotatable bonds is 8. The maximum Gasteiger partial charge on any atom is 0.303 e. The number of carboxylic acids is 2. The lowest BCUT2D eigenvalue weighted by Crippen LogP contribution is -2.62. The molecule has 10 nitrogen and oxygen atoms in total. The van der Waals surface area contributed by atoms with E-state index in [1.54, 1.807) is 0 Å². The van der Waals surface area contributed by atoms with Crippen LogP contribution in [0.5, 0.6) is 0 Å². The number of benzene rings is 1. The Labute approximate surface area is 403 Å². The van der Waals surface area contributed by atoms with Crippen molar-refractivity contribution in [3.63, 3.8) is 0 Å². The van der Waals surface area contributed by atoms with Gasteiger partial charge in [-0.1, -0.05) is 59.7 Å². The van der Waals surface area contributed by atoms with Crippen LogP contribution in [-0.2, 0) is 9.59 Å². The molecule has 0 radical (unpaired) electrons. The fourth-order valence-electron chi connectivity index (χ4n) is 18.3. The summed E-state index contributed by atoms with van der Waals surface area (Å²) < 4.78 is 0. The number of carboxylic acid groups (broad SMARTS) is 2.